The van der Waals surface area contributed by atoms with Crippen LogP contribution in [0.25, 0.3) is 0 Å². The predicted molar refractivity (Wildman–Crippen MR) is 60.7 cm³/mol. The van der Waals surface area contributed by atoms with Gasteiger partial charge in [0.2, 0.25) is 0 Å². The molecule has 0 atom stereocenters. The van der Waals surface area contributed by atoms with Crippen molar-refractivity contribution in [2.75, 3.05) is 24.5 Å². The third-order valence-electron chi connectivity index (χ3n) is 3.01. The van der Waals surface area contributed by atoms with Crippen molar-refractivity contribution in [2.24, 2.45) is 5.73 Å². The molecule has 0 spiro atoms. The van der Waals surface area contributed by atoms with E-state index in [9.17, 15) is 4.39 Å². The molecule has 2 rings (SSSR count). The number of fused-ring (bicyclic) bond motifs is 1. The van der Waals surface area contributed by atoms with Crippen LogP contribution in [-0.2, 0) is 5.41 Å². The number of nitrogens with two attached hydrogens (primary N) is 1. The van der Waals surface area contributed by atoms with Crippen molar-refractivity contribution in [2.45, 2.75) is 19.3 Å². The molecule has 0 saturated heterocycles. The van der Waals surface area contributed by atoms with Crippen molar-refractivity contribution in [3.05, 3.63) is 29.6 Å². The number of hydrogen-bond donors (Lipinski definition) is 1. The van der Waals surface area contributed by atoms with Crippen LogP contribution in [0.3, 0.4) is 0 Å². The zero-order chi connectivity index (χ0) is 11.1. The SMILES string of the molecule is CC1(C)CN(CCN)c2ccc(F)cc21. The summed E-state index contributed by atoms with van der Waals surface area (Å²) in [5.41, 5.74) is 7.81. The molecule has 0 aromatic heterocycles. The summed E-state index contributed by atoms with van der Waals surface area (Å²) in [4.78, 5) is 2.23. The molecule has 0 radical (unpaired) electrons. The first-order chi connectivity index (χ1) is 7.04. The normalized spacial score (nSPS) is 18.0. The van der Waals surface area contributed by atoms with Crippen molar-refractivity contribution in [1.82, 2.24) is 0 Å². The van der Waals surface area contributed by atoms with Crippen molar-refractivity contribution < 1.29 is 4.39 Å². The Morgan fingerprint density at radius 1 is 1.47 bits per heavy atom. The zero-order valence-electron chi connectivity index (χ0n) is 9.26. The number of rotatable bonds is 2. The fourth-order valence-corrected chi connectivity index (χ4v) is 2.33. The van der Waals surface area contributed by atoms with Crippen LogP contribution >= 0.6 is 0 Å². The van der Waals surface area contributed by atoms with Crippen molar-refractivity contribution >= 4 is 5.69 Å². The van der Waals surface area contributed by atoms with Gasteiger partial charge in [-0.15, -0.1) is 0 Å². The smallest absolute Gasteiger partial charge is 0.123 e. The average molecular weight is 208 g/mol. The molecule has 0 fully saturated rings. The summed E-state index contributed by atoms with van der Waals surface area (Å²) in [6.07, 6.45) is 0. The lowest BCUT2D eigenvalue weighted by Crippen LogP contribution is -2.32. The standard InChI is InChI=1S/C12H17FN2/c1-12(2)8-15(6-5-14)11-4-3-9(13)7-10(11)12/h3-4,7H,5-6,8,14H2,1-2H3. The second kappa shape index (κ2) is 3.49. The second-order valence-corrected chi connectivity index (χ2v) is 4.76. The molecule has 1 heterocycles. The largest absolute Gasteiger partial charge is 0.369 e. The van der Waals surface area contributed by atoms with Gasteiger partial charge >= 0.3 is 0 Å². The van der Waals surface area contributed by atoms with Crippen LogP contribution in [0.5, 0.6) is 0 Å². The van der Waals surface area contributed by atoms with Crippen LogP contribution in [0.15, 0.2) is 18.2 Å². The van der Waals surface area contributed by atoms with Crippen LogP contribution < -0.4 is 10.6 Å². The molecule has 2 N–H and O–H groups in total. The fraction of sp³-hybridized carbons (Fsp3) is 0.500. The third kappa shape index (κ3) is 1.72. The Kier molecular flexibility index (Phi) is 2.43. The average Bonchev–Trinajstić information content (AvgIpc) is 2.39. The van der Waals surface area contributed by atoms with Crippen LogP contribution in [0.1, 0.15) is 19.4 Å². The Morgan fingerprint density at radius 3 is 2.87 bits per heavy atom. The summed E-state index contributed by atoms with van der Waals surface area (Å²) in [5.74, 6) is -0.156. The molecule has 3 heteroatoms. The maximum Gasteiger partial charge on any atom is 0.123 e. The highest BCUT2D eigenvalue weighted by Gasteiger charge is 2.34. The number of benzene rings is 1. The van der Waals surface area contributed by atoms with E-state index >= 15 is 0 Å². The van der Waals surface area contributed by atoms with Crippen molar-refractivity contribution in [3.63, 3.8) is 0 Å². The minimum Gasteiger partial charge on any atom is -0.369 e. The van der Waals surface area contributed by atoms with E-state index in [0.717, 1.165) is 24.3 Å². The van der Waals surface area contributed by atoms with Gasteiger partial charge in [-0.3, -0.25) is 0 Å². The van der Waals surface area contributed by atoms with Gasteiger partial charge in [-0.1, -0.05) is 13.8 Å². The molecule has 1 aliphatic heterocycles. The molecule has 1 aromatic rings. The predicted octanol–water partition coefficient (Wildman–Crippen LogP) is 1.88. The highest BCUT2D eigenvalue weighted by molar-refractivity contribution is 5.62. The monoisotopic (exact) mass is 208 g/mol. The molecule has 15 heavy (non-hydrogen) atoms. The van der Waals surface area contributed by atoms with Gasteiger partial charge in [-0.05, 0) is 23.8 Å². The Morgan fingerprint density at radius 2 is 2.20 bits per heavy atom. The highest BCUT2D eigenvalue weighted by Crippen LogP contribution is 2.40. The van der Waals surface area contributed by atoms with Gasteiger partial charge in [0.15, 0.2) is 0 Å². The van der Waals surface area contributed by atoms with E-state index < -0.39 is 0 Å². The Hall–Kier alpha value is -1.09. The summed E-state index contributed by atoms with van der Waals surface area (Å²) in [6.45, 7) is 6.67. The maximum absolute atomic E-state index is 13.2. The van der Waals surface area contributed by atoms with Gasteiger partial charge < -0.3 is 10.6 Å². The minimum atomic E-state index is -0.156. The zero-order valence-corrected chi connectivity index (χ0v) is 9.26. The number of anilines is 1. The van der Waals surface area contributed by atoms with E-state index in [1.165, 1.54) is 6.07 Å². The van der Waals surface area contributed by atoms with Crippen LogP contribution in [0.4, 0.5) is 10.1 Å². The number of nitrogens with zero attached hydrogens (tertiary/aromatic N) is 1. The van der Waals surface area contributed by atoms with Gasteiger partial charge in [0.05, 0.1) is 0 Å². The molecule has 0 bridgehead atoms. The van der Waals surface area contributed by atoms with E-state index in [1.54, 1.807) is 6.07 Å². The molecule has 0 amide bonds. The first kappa shape index (κ1) is 10.4. The first-order valence-corrected chi connectivity index (χ1v) is 5.29. The van der Waals surface area contributed by atoms with Crippen LogP contribution in [0, 0.1) is 5.82 Å². The molecule has 0 aliphatic carbocycles. The molecule has 0 saturated carbocycles. The molecular formula is C12H17FN2. The van der Waals surface area contributed by atoms with Crippen LogP contribution in [-0.4, -0.2) is 19.6 Å². The van der Waals surface area contributed by atoms with Gasteiger partial charge in [0.25, 0.3) is 0 Å². The molecular weight excluding hydrogens is 191 g/mol. The van der Waals surface area contributed by atoms with Crippen molar-refractivity contribution in [3.8, 4) is 0 Å². The molecule has 82 valence electrons. The Bertz CT molecular complexity index is 374. The summed E-state index contributed by atoms with van der Waals surface area (Å²) in [6, 6.07) is 5.02. The van der Waals surface area contributed by atoms with E-state index in [1.807, 2.05) is 6.07 Å². The lowest BCUT2D eigenvalue weighted by Gasteiger charge is -2.21. The highest BCUT2D eigenvalue weighted by atomic mass is 19.1. The molecule has 2 nitrogen and oxygen atoms in total. The van der Waals surface area contributed by atoms with E-state index in [4.69, 9.17) is 5.73 Å². The Balaban J connectivity index is 2.43. The van der Waals surface area contributed by atoms with E-state index in [0.29, 0.717) is 6.54 Å². The molecule has 1 aliphatic rings. The van der Waals surface area contributed by atoms with Gasteiger partial charge in [-0.25, -0.2) is 4.39 Å². The number of hydrogen-bond acceptors (Lipinski definition) is 2. The van der Waals surface area contributed by atoms with Gasteiger partial charge in [-0.2, -0.15) is 0 Å². The second-order valence-electron chi connectivity index (χ2n) is 4.76. The molecule has 1 aromatic carbocycles. The van der Waals surface area contributed by atoms with Gasteiger partial charge in [0, 0.05) is 30.7 Å². The summed E-state index contributed by atoms with van der Waals surface area (Å²) in [5, 5.41) is 0. The summed E-state index contributed by atoms with van der Waals surface area (Å²) < 4.78 is 13.2. The van der Waals surface area contributed by atoms with Crippen LogP contribution in [0.2, 0.25) is 0 Å². The fourth-order valence-electron chi connectivity index (χ4n) is 2.33. The quantitative estimate of drug-likeness (QED) is 0.804. The third-order valence-corrected chi connectivity index (χ3v) is 3.01. The number of halogens is 1. The molecule has 0 unspecified atom stereocenters. The lowest BCUT2D eigenvalue weighted by molar-refractivity contribution is 0.546. The minimum absolute atomic E-state index is 0.0204. The maximum atomic E-state index is 13.2. The first-order valence-electron chi connectivity index (χ1n) is 5.29. The lowest BCUT2D eigenvalue weighted by atomic mass is 9.87. The Labute approximate surface area is 89.9 Å². The van der Waals surface area contributed by atoms with E-state index in [2.05, 4.69) is 18.7 Å². The van der Waals surface area contributed by atoms with Crippen molar-refractivity contribution in [1.29, 1.82) is 0 Å². The van der Waals surface area contributed by atoms with Gasteiger partial charge in [0.1, 0.15) is 5.82 Å². The van der Waals surface area contributed by atoms with E-state index in [-0.39, 0.29) is 11.2 Å². The summed E-state index contributed by atoms with van der Waals surface area (Å²) >= 11 is 0. The topological polar surface area (TPSA) is 29.3 Å². The summed E-state index contributed by atoms with van der Waals surface area (Å²) in [7, 11) is 0.